The highest BCUT2D eigenvalue weighted by Gasteiger charge is 2.38. The van der Waals surface area contributed by atoms with Gasteiger partial charge in [-0.2, -0.15) is 5.10 Å². The molecule has 1 aromatic heterocycles. The van der Waals surface area contributed by atoms with E-state index in [4.69, 9.17) is 16.7 Å². The van der Waals surface area contributed by atoms with Crippen LogP contribution in [-0.2, 0) is 9.59 Å². The van der Waals surface area contributed by atoms with E-state index in [0.717, 1.165) is 40.1 Å². The summed E-state index contributed by atoms with van der Waals surface area (Å²) in [7, 11) is 0. The van der Waals surface area contributed by atoms with Gasteiger partial charge in [-0.3, -0.25) is 14.5 Å². The predicted octanol–water partition coefficient (Wildman–Crippen LogP) is 6.20. The van der Waals surface area contributed by atoms with Gasteiger partial charge in [0.05, 0.1) is 22.4 Å². The molecule has 0 saturated carbocycles. The highest BCUT2D eigenvalue weighted by Crippen LogP contribution is 2.49. The number of fused-ring (bicyclic) bond motifs is 1. The molecule has 0 fully saturated rings. The number of nitrogens with one attached hydrogen (secondary N) is 1. The van der Waals surface area contributed by atoms with Crippen LogP contribution in [0.3, 0.4) is 0 Å². The van der Waals surface area contributed by atoms with Gasteiger partial charge in [0.1, 0.15) is 12.4 Å². The van der Waals surface area contributed by atoms with Gasteiger partial charge in [-0.25, -0.2) is 4.68 Å². The van der Waals surface area contributed by atoms with Crippen molar-refractivity contribution in [3.8, 4) is 16.9 Å². The molecule has 0 bridgehead atoms. The molecule has 2 amide bonds. The first-order valence-corrected chi connectivity index (χ1v) is 14.1. The Morgan fingerprint density at radius 2 is 1.76 bits per heavy atom. The van der Waals surface area contributed by atoms with E-state index < -0.39 is 0 Å². The number of anilines is 1. The number of carbonyl (C=O) groups excluding carboxylic acids is 2. The first-order chi connectivity index (χ1) is 18.5. The number of carbonyl (C=O) groups is 2. The molecule has 0 saturated heterocycles. The summed E-state index contributed by atoms with van der Waals surface area (Å²) in [5.41, 5.74) is 5.39. The van der Waals surface area contributed by atoms with E-state index in [1.165, 1.54) is 11.8 Å². The van der Waals surface area contributed by atoms with Crippen molar-refractivity contribution in [3.63, 3.8) is 0 Å². The molecule has 38 heavy (non-hydrogen) atoms. The lowest BCUT2D eigenvalue weighted by molar-refractivity contribution is -0.122. The fourth-order valence-electron chi connectivity index (χ4n) is 4.59. The third kappa shape index (κ3) is 5.22. The number of hydrogen-bond acceptors (Lipinski definition) is 4. The van der Waals surface area contributed by atoms with Crippen molar-refractivity contribution < 1.29 is 9.59 Å². The molecular weight excluding hydrogens is 516 g/mol. The van der Waals surface area contributed by atoms with Gasteiger partial charge in [0.2, 0.25) is 11.8 Å². The molecule has 0 aliphatic carbocycles. The number of halogens is 1. The predicted molar refractivity (Wildman–Crippen MR) is 155 cm³/mol. The van der Waals surface area contributed by atoms with E-state index in [2.05, 4.69) is 5.32 Å². The Bertz CT molecular complexity index is 1450. The Labute approximate surface area is 232 Å². The maximum Gasteiger partial charge on any atom is 0.240 e. The van der Waals surface area contributed by atoms with Crippen LogP contribution in [0.2, 0.25) is 5.02 Å². The van der Waals surface area contributed by atoms with Crippen LogP contribution in [0.1, 0.15) is 35.3 Å². The van der Waals surface area contributed by atoms with Gasteiger partial charge in [0, 0.05) is 22.7 Å². The van der Waals surface area contributed by atoms with E-state index in [1.54, 1.807) is 9.58 Å². The lowest BCUT2D eigenvalue weighted by Crippen LogP contribution is -2.42. The topological polar surface area (TPSA) is 67.2 Å². The van der Waals surface area contributed by atoms with Crippen molar-refractivity contribution in [1.82, 2.24) is 15.1 Å². The normalized spacial score (nSPS) is 15.2. The second-order valence-electron chi connectivity index (χ2n) is 9.24. The van der Waals surface area contributed by atoms with Gasteiger partial charge in [-0.15, -0.1) is 11.8 Å². The van der Waals surface area contributed by atoms with Crippen molar-refractivity contribution in [1.29, 1.82) is 0 Å². The van der Waals surface area contributed by atoms with Gasteiger partial charge < -0.3 is 5.32 Å². The molecule has 1 atom stereocenters. The average Bonchev–Trinajstić information content (AvgIpc) is 3.26. The van der Waals surface area contributed by atoms with Crippen LogP contribution in [0.4, 0.5) is 5.82 Å². The summed E-state index contributed by atoms with van der Waals surface area (Å²) < 4.78 is 1.80. The molecule has 0 unspecified atom stereocenters. The fraction of sp³-hybridized carbons (Fsp3) is 0.233. The van der Waals surface area contributed by atoms with Crippen LogP contribution in [-0.4, -0.2) is 40.4 Å². The number of amides is 2. The fourth-order valence-corrected chi connectivity index (χ4v) is 6.14. The zero-order valence-corrected chi connectivity index (χ0v) is 22.9. The summed E-state index contributed by atoms with van der Waals surface area (Å²) in [4.78, 5) is 28.2. The summed E-state index contributed by atoms with van der Waals surface area (Å²) in [5.74, 6) is 0.447. The first kappa shape index (κ1) is 26.1. The minimum absolute atomic E-state index is 0.0899. The second-order valence-corrected chi connectivity index (χ2v) is 10.7. The Morgan fingerprint density at radius 3 is 2.47 bits per heavy atom. The Hall–Kier alpha value is -3.55. The molecule has 194 valence electrons. The summed E-state index contributed by atoms with van der Waals surface area (Å²) in [6.07, 6.45) is 0.814. The molecule has 6 nitrogen and oxygen atoms in total. The molecular formula is C30H29ClN4O2S. The third-order valence-electron chi connectivity index (χ3n) is 6.48. The lowest BCUT2D eigenvalue weighted by Gasteiger charge is -2.23. The lowest BCUT2D eigenvalue weighted by atomic mass is 9.99. The quantitative estimate of drug-likeness (QED) is 0.301. The zero-order chi connectivity index (χ0) is 26.6. The Kier molecular flexibility index (Phi) is 7.86. The average molecular weight is 545 g/mol. The summed E-state index contributed by atoms with van der Waals surface area (Å²) in [6.45, 7) is 4.49. The summed E-state index contributed by atoms with van der Waals surface area (Å²) in [5, 5.41) is 8.38. The number of aromatic nitrogens is 2. The van der Waals surface area contributed by atoms with E-state index in [1.807, 2.05) is 92.7 Å². The SMILES string of the molecule is CCCNC(=O)CN1C(=O)CS[C@H](c2ccccc2Cl)c2c(-c3ccccc3)nn(-c3ccc(C)cc3)c21. The molecule has 2 heterocycles. The van der Waals surface area contributed by atoms with Crippen molar-refractivity contribution >= 4 is 41.0 Å². The number of nitrogens with zero attached hydrogens (tertiary/aromatic N) is 3. The largest absolute Gasteiger partial charge is 0.355 e. The molecule has 1 aliphatic rings. The monoisotopic (exact) mass is 544 g/mol. The minimum Gasteiger partial charge on any atom is -0.355 e. The van der Waals surface area contributed by atoms with Crippen molar-refractivity contribution in [2.24, 2.45) is 0 Å². The maximum atomic E-state index is 13.7. The molecule has 8 heteroatoms. The molecule has 1 N–H and O–H groups in total. The van der Waals surface area contributed by atoms with E-state index in [9.17, 15) is 9.59 Å². The standard InChI is InChI=1S/C30H29ClN4O2S/c1-3-17-32-25(36)18-34-26(37)19-38-29(23-11-7-8-12-24(23)31)27-28(21-9-5-4-6-10-21)33-35(30(27)34)22-15-13-20(2)14-16-22/h4-16,29H,3,17-19H2,1-2H3,(H,32,36)/t29-/m1/s1. The van der Waals surface area contributed by atoms with Crippen LogP contribution in [0.5, 0.6) is 0 Å². The van der Waals surface area contributed by atoms with Crippen LogP contribution in [0, 0.1) is 6.92 Å². The van der Waals surface area contributed by atoms with Crippen molar-refractivity contribution in [2.75, 3.05) is 23.7 Å². The molecule has 4 aromatic rings. The highest BCUT2D eigenvalue weighted by molar-refractivity contribution is 8.00. The maximum absolute atomic E-state index is 13.7. The highest BCUT2D eigenvalue weighted by atomic mass is 35.5. The van der Waals surface area contributed by atoms with Crippen LogP contribution in [0.25, 0.3) is 16.9 Å². The Balaban J connectivity index is 1.79. The van der Waals surface area contributed by atoms with Gasteiger partial charge in [-0.05, 0) is 37.1 Å². The first-order valence-electron chi connectivity index (χ1n) is 12.7. The Morgan fingerprint density at radius 1 is 1.05 bits per heavy atom. The summed E-state index contributed by atoms with van der Waals surface area (Å²) in [6, 6.07) is 25.7. The van der Waals surface area contributed by atoms with Gasteiger partial charge >= 0.3 is 0 Å². The van der Waals surface area contributed by atoms with Crippen molar-refractivity contribution in [2.45, 2.75) is 25.5 Å². The van der Waals surface area contributed by atoms with Gasteiger partial charge in [0.25, 0.3) is 0 Å². The van der Waals surface area contributed by atoms with Gasteiger partial charge in [0.15, 0.2) is 0 Å². The van der Waals surface area contributed by atoms with Crippen LogP contribution >= 0.6 is 23.4 Å². The molecule has 0 radical (unpaired) electrons. The second kappa shape index (κ2) is 11.5. The molecule has 5 rings (SSSR count). The number of thioether (sulfide) groups is 1. The number of benzene rings is 3. The molecule has 0 spiro atoms. The van der Waals surface area contributed by atoms with Crippen LogP contribution < -0.4 is 10.2 Å². The van der Waals surface area contributed by atoms with E-state index >= 15 is 0 Å². The molecule has 1 aliphatic heterocycles. The van der Waals surface area contributed by atoms with Crippen LogP contribution in [0.15, 0.2) is 78.9 Å². The number of rotatable bonds is 7. The third-order valence-corrected chi connectivity index (χ3v) is 8.06. The number of hydrogen-bond donors (Lipinski definition) is 1. The number of aryl methyl sites for hydroxylation is 1. The van der Waals surface area contributed by atoms with Crippen molar-refractivity contribution in [3.05, 3.63) is 101 Å². The van der Waals surface area contributed by atoms with E-state index in [0.29, 0.717) is 17.4 Å². The smallest absolute Gasteiger partial charge is 0.240 e. The van der Waals surface area contributed by atoms with E-state index in [-0.39, 0.29) is 29.4 Å². The minimum atomic E-state index is -0.263. The summed E-state index contributed by atoms with van der Waals surface area (Å²) >= 11 is 8.24. The van der Waals surface area contributed by atoms with Gasteiger partial charge in [-0.1, -0.05) is 84.8 Å². The zero-order valence-electron chi connectivity index (χ0n) is 21.4. The molecule has 3 aromatic carbocycles.